The number of nitrogens with zero attached hydrogens (tertiary/aromatic N) is 1. The maximum absolute atomic E-state index is 12.3. The molecule has 0 fully saturated rings. The van der Waals surface area contributed by atoms with Crippen LogP contribution in [0.5, 0.6) is 0 Å². The molecule has 0 aliphatic rings. The quantitative estimate of drug-likeness (QED) is 0.673. The van der Waals surface area contributed by atoms with Crippen LogP contribution in [0.4, 0.5) is 22.0 Å². The average Bonchev–Trinajstić information content (AvgIpc) is 2.06. The zero-order valence-electron chi connectivity index (χ0n) is 6.75. The Morgan fingerprint density at radius 1 is 1.13 bits per heavy atom. The zero-order valence-corrected chi connectivity index (χ0v) is 9.92. The number of pyridine rings is 1. The van der Waals surface area contributed by atoms with Gasteiger partial charge in [0, 0.05) is 10.7 Å². The van der Waals surface area contributed by atoms with Crippen LogP contribution in [-0.2, 0) is 6.18 Å². The van der Waals surface area contributed by atoms with Gasteiger partial charge >= 0.3 is 6.18 Å². The Morgan fingerprint density at radius 3 is 2.07 bits per heavy atom. The molecule has 0 aliphatic carbocycles. The molecule has 0 amide bonds. The molecule has 0 saturated carbocycles. The van der Waals surface area contributed by atoms with Crippen molar-refractivity contribution in [1.82, 2.24) is 4.98 Å². The first-order valence-electron chi connectivity index (χ1n) is 3.44. The number of hydrogen-bond donors (Lipinski definition) is 0. The molecule has 0 atom stereocenters. The highest BCUT2D eigenvalue weighted by Crippen LogP contribution is 2.40. The van der Waals surface area contributed by atoms with Crippen molar-refractivity contribution in [3.63, 3.8) is 0 Å². The predicted molar refractivity (Wildman–Crippen MR) is 49.6 cm³/mol. The van der Waals surface area contributed by atoms with Crippen LogP contribution in [-0.4, -0.2) is 4.98 Å². The van der Waals surface area contributed by atoms with E-state index in [4.69, 9.17) is 0 Å². The van der Waals surface area contributed by atoms with E-state index in [0.29, 0.717) is 6.20 Å². The minimum Gasteiger partial charge on any atom is -0.250 e. The number of rotatable bonds is 1. The van der Waals surface area contributed by atoms with E-state index in [0.717, 1.165) is 0 Å². The molecule has 8 heteroatoms. The van der Waals surface area contributed by atoms with Gasteiger partial charge in [0.2, 0.25) is 0 Å². The van der Waals surface area contributed by atoms with Gasteiger partial charge in [-0.05, 0) is 31.9 Å². The van der Waals surface area contributed by atoms with Crippen molar-refractivity contribution >= 4 is 31.9 Å². The number of aromatic nitrogens is 1. The average molecular weight is 355 g/mol. The van der Waals surface area contributed by atoms with E-state index in [1.165, 1.54) is 0 Å². The Labute approximate surface area is 97.9 Å². The first-order valence-corrected chi connectivity index (χ1v) is 5.03. The molecule has 0 aromatic carbocycles. The van der Waals surface area contributed by atoms with Crippen LogP contribution in [0.3, 0.4) is 0 Å². The highest BCUT2D eigenvalue weighted by atomic mass is 79.9. The summed E-state index contributed by atoms with van der Waals surface area (Å²) in [6.45, 7) is 0. The molecule has 1 nitrogen and oxygen atoms in total. The van der Waals surface area contributed by atoms with Crippen LogP contribution >= 0.6 is 31.9 Å². The van der Waals surface area contributed by atoms with Gasteiger partial charge in [0.15, 0.2) is 5.69 Å². The van der Waals surface area contributed by atoms with Gasteiger partial charge < -0.3 is 0 Å². The molecule has 84 valence electrons. The van der Waals surface area contributed by atoms with Gasteiger partial charge in [0.25, 0.3) is 6.43 Å². The van der Waals surface area contributed by atoms with E-state index >= 15 is 0 Å². The Hall–Kier alpha value is -0.240. The summed E-state index contributed by atoms with van der Waals surface area (Å²) < 4.78 is 60.5. The molecule has 0 spiro atoms. The number of halogens is 7. The van der Waals surface area contributed by atoms with E-state index in [9.17, 15) is 22.0 Å². The monoisotopic (exact) mass is 353 g/mol. The van der Waals surface area contributed by atoms with Crippen molar-refractivity contribution in [2.45, 2.75) is 12.6 Å². The van der Waals surface area contributed by atoms with E-state index in [2.05, 4.69) is 36.8 Å². The molecule has 0 saturated heterocycles. The first kappa shape index (κ1) is 12.8. The summed E-state index contributed by atoms with van der Waals surface area (Å²) in [6.07, 6.45) is -7.06. The third kappa shape index (κ3) is 2.66. The SMILES string of the molecule is FC(F)c1cnc(C(F)(F)F)c(Br)c1Br. The normalized spacial score (nSPS) is 12.3. The first-order chi connectivity index (χ1) is 6.75. The van der Waals surface area contributed by atoms with Crippen molar-refractivity contribution in [1.29, 1.82) is 0 Å². The highest BCUT2D eigenvalue weighted by Gasteiger charge is 2.36. The minimum absolute atomic E-state index is 0.333. The lowest BCUT2D eigenvalue weighted by atomic mass is 10.2. The third-order valence-corrected chi connectivity index (χ3v) is 3.65. The van der Waals surface area contributed by atoms with Gasteiger partial charge in [-0.1, -0.05) is 0 Å². The Kier molecular flexibility index (Phi) is 3.70. The Balaban J connectivity index is 3.34. The molecule has 1 aromatic heterocycles. The molecule has 0 radical (unpaired) electrons. The van der Waals surface area contributed by atoms with Gasteiger partial charge in [-0.25, -0.2) is 8.78 Å². The zero-order chi connectivity index (χ0) is 11.8. The molecule has 1 aromatic rings. The lowest BCUT2D eigenvalue weighted by molar-refractivity contribution is -0.141. The fourth-order valence-corrected chi connectivity index (χ4v) is 1.85. The van der Waals surface area contributed by atoms with Gasteiger partial charge in [0.05, 0.1) is 10.0 Å². The predicted octanol–water partition coefficient (Wildman–Crippen LogP) is 4.56. The van der Waals surface area contributed by atoms with Crippen LogP contribution in [0, 0.1) is 0 Å². The van der Waals surface area contributed by atoms with E-state index < -0.39 is 28.3 Å². The van der Waals surface area contributed by atoms with Crippen molar-refractivity contribution in [3.05, 3.63) is 26.4 Å². The summed E-state index contributed by atoms with van der Waals surface area (Å²) in [6, 6.07) is 0. The van der Waals surface area contributed by atoms with Gasteiger partial charge in [-0.2, -0.15) is 13.2 Å². The number of hydrogen-bond acceptors (Lipinski definition) is 1. The van der Waals surface area contributed by atoms with Crippen LogP contribution in [0.2, 0.25) is 0 Å². The molecular weight excluding hydrogens is 353 g/mol. The number of alkyl halides is 5. The van der Waals surface area contributed by atoms with Gasteiger partial charge in [-0.3, -0.25) is 4.98 Å². The molecule has 1 heterocycles. The van der Waals surface area contributed by atoms with Crippen molar-refractivity contribution < 1.29 is 22.0 Å². The summed E-state index contributed by atoms with van der Waals surface area (Å²) >= 11 is 5.23. The van der Waals surface area contributed by atoms with Gasteiger partial charge in [0.1, 0.15) is 0 Å². The smallest absolute Gasteiger partial charge is 0.250 e. The largest absolute Gasteiger partial charge is 0.434 e. The molecule has 15 heavy (non-hydrogen) atoms. The minimum atomic E-state index is -4.68. The topological polar surface area (TPSA) is 12.9 Å². The second-order valence-electron chi connectivity index (χ2n) is 2.49. The van der Waals surface area contributed by atoms with E-state index in [1.807, 2.05) is 0 Å². The molecular formula is C7H2Br2F5N. The fourth-order valence-electron chi connectivity index (χ4n) is 0.828. The second kappa shape index (κ2) is 4.32. The molecule has 1 rings (SSSR count). The molecule has 0 N–H and O–H groups in total. The summed E-state index contributed by atoms with van der Waals surface area (Å²) in [5.41, 5.74) is -1.83. The van der Waals surface area contributed by atoms with E-state index in [-0.39, 0.29) is 4.47 Å². The van der Waals surface area contributed by atoms with Crippen molar-refractivity contribution in [2.75, 3.05) is 0 Å². The van der Waals surface area contributed by atoms with E-state index in [1.54, 1.807) is 0 Å². The maximum Gasteiger partial charge on any atom is 0.434 e. The summed E-state index contributed by atoms with van der Waals surface area (Å²) in [4.78, 5) is 2.95. The van der Waals surface area contributed by atoms with Gasteiger partial charge in [-0.15, -0.1) is 0 Å². The van der Waals surface area contributed by atoms with Crippen molar-refractivity contribution in [3.8, 4) is 0 Å². The third-order valence-electron chi connectivity index (χ3n) is 1.49. The van der Waals surface area contributed by atoms with Crippen molar-refractivity contribution in [2.24, 2.45) is 0 Å². The lowest BCUT2D eigenvalue weighted by Gasteiger charge is -2.11. The maximum atomic E-state index is 12.3. The standard InChI is InChI=1S/C7H2Br2F5N/c8-3-2(6(10)11)1-15-5(4(3)9)7(12,13)14/h1,6H. The van der Waals surface area contributed by atoms with Crippen LogP contribution in [0.1, 0.15) is 17.7 Å². The lowest BCUT2D eigenvalue weighted by Crippen LogP contribution is -2.10. The summed E-state index contributed by atoms with van der Waals surface area (Å²) in [5, 5.41) is 0. The van der Waals surface area contributed by atoms with Crippen LogP contribution in [0.15, 0.2) is 15.1 Å². The highest BCUT2D eigenvalue weighted by molar-refractivity contribution is 9.13. The summed E-state index contributed by atoms with van der Waals surface area (Å²) in [7, 11) is 0. The molecule has 0 aliphatic heterocycles. The fraction of sp³-hybridized carbons (Fsp3) is 0.286. The Morgan fingerprint density at radius 2 is 1.67 bits per heavy atom. The van der Waals surface area contributed by atoms with Crippen LogP contribution < -0.4 is 0 Å². The molecule has 0 unspecified atom stereocenters. The molecule has 0 bridgehead atoms. The second-order valence-corrected chi connectivity index (χ2v) is 4.07. The summed E-state index contributed by atoms with van der Waals surface area (Å²) in [5.74, 6) is 0. The van der Waals surface area contributed by atoms with Crippen LogP contribution in [0.25, 0.3) is 0 Å². The Bertz CT molecular complexity index is 376.